The van der Waals surface area contributed by atoms with Gasteiger partial charge in [0, 0.05) is 13.1 Å². The van der Waals surface area contributed by atoms with Crippen molar-refractivity contribution in [2.75, 3.05) is 11.8 Å². The van der Waals surface area contributed by atoms with E-state index in [0.29, 0.717) is 11.1 Å². The van der Waals surface area contributed by atoms with Crippen molar-refractivity contribution in [1.82, 2.24) is 4.31 Å². The second kappa shape index (κ2) is 5.91. The molecular formula is C12H21N3O4S2. The number of hydrogen-bond donors (Lipinski definition) is 2. The smallest absolute Gasteiger partial charge is 0.271 e. The summed E-state index contributed by atoms with van der Waals surface area (Å²) in [6, 6.07) is 2.41. The summed E-state index contributed by atoms with van der Waals surface area (Å²) in [5, 5.41) is 5.10. The summed E-state index contributed by atoms with van der Waals surface area (Å²) in [6.45, 7) is 6.86. The standard InChI is InChI=1S/C12H21N3O4S2/c1-8(2)15(5)21(18,19)14-12-7-11(20(13,16)17)6-9(3)10(12)4/h6-8,14H,1-5H3,(H2,13,16,17). The maximum Gasteiger partial charge on any atom is 0.301 e. The maximum atomic E-state index is 12.2. The van der Waals surface area contributed by atoms with Crippen molar-refractivity contribution in [3.8, 4) is 0 Å². The van der Waals surface area contributed by atoms with Crippen molar-refractivity contribution < 1.29 is 16.8 Å². The van der Waals surface area contributed by atoms with E-state index >= 15 is 0 Å². The fraction of sp³-hybridized carbons (Fsp3) is 0.500. The number of primary sulfonamides is 1. The first-order valence-corrected chi connectivity index (χ1v) is 9.24. The van der Waals surface area contributed by atoms with Gasteiger partial charge in [0.1, 0.15) is 0 Å². The van der Waals surface area contributed by atoms with Crippen molar-refractivity contribution in [2.45, 2.75) is 38.6 Å². The average Bonchev–Trinajstić information content (AvgIpc) is 2.31. The van der Waals surface area contributed by atoms with E-state index in [1.54, 1.807) is 27.7 Å². The molecule has 1 aromatic rings. The Balaban J connectivity index is 3.36. The molecule has 21 heavy (non-hydrogen) atoms. The van der Waals surface area contributed by atoms with Crippen LogP contribution in [0.1, 0.15) is 25.0 Å². The molecule has 0 saturated heterocycles. The predicted octanol–water partition coefficient (Wildman–Crippen LogP) is 0.948. The minimum absolute atomic E-state index is 0.129. The first kappa shape index (κ1) is 17.9. The Morgan fingerprint density at radius 1 is 1.14 bits per heavy atom. The lowest BCUT2D eigenvalue weighted by molar-refractivity contribution is 0.414. The molecule has 1 aromatic carbocycles. The number of sulfonamides is 1. The summed E-state index contributed by atoms with van der Waals surface area (Å²) in [5.74, 6) is 0. The van der Waals surface area contributed by atoms with E-state index in [1.807, 2.05) is 0 Å². The molecule has 0 saturated carbocycles. The molecule has 0 radical (unpaired) electrons. The summed E-state index contributed by atoms with van der Waals surface area (Å²) >= 11 is 0. The Morgan fingerprint density at radius 2 is 1.67 bits per heavy atom. The lowest BCUT2D eigenvalue weighted by Gasteiger charge is -2.23. The van der Waals surface area contributed by atoms with Gasteiger partial charge in [-0.3, -0.25) is 4.72 Å². The topological polar surface area (TPSA) is 110 Å². The summed E-state index contributed by atoms with van der Waals surface area (Å²) in [6.07, 6.45) is 0. The van der Waals surface area contributed by atoms with Crippen LogP contribution in [-0.4, -0.2) is 34.2 Å². The predicted molar refractivity (Wildman–Crippen MR) is 82.7 cm³/mol. The SMILES string of the molecule is Cc1cc(S(N)(=O)=O)cc(NS(=O)(=O)N(C)C(C)C)c1C. The zero-order valence-corrected chi connectivity index (χ0v) is 14.3. The maximum absolute atomic E-state index is 12.2. The third kappa shape index (κ3) is 4.16. The molecule has 0 aliphatic rings. The Bertz CT molecular complexity index is 740. The van der Waals surface area contributed by atoms with Gasteiger partial charge in [-0.15, -0.1) is 0 Å². The van der Waals surface area contributed by atoms with Crippen molar-refractivity contribution in [3.05, 3.63) is 23.3 Å². The molecule has 1 rings (SSSR count). The van der Waals surface area contributed by atoms with Crippen LogP contribution in [0.5, 0.6) is 0 Å². The number of benzene rings is 1. The number of nitrogens with two attached hydrogens (primary N) is 1. The van der Waals surface area contributed by atoms with Crippen molar-refractivity contribution in [2.24, 2.45) is 5.14 Å². The van der Waals surface area contributed by atoms with Crippen LogP contribution in [0.4, 0.5) is 5.69 Å². The van der Waals surface area contributed by atoms with E-state index in [0.717, 1.165) is 4.31 Å². The number of rotatable bonds is 5. The van der Waals surface area contributed by atoms with Gasteiger partial charge in [0.25, 0.3) is 0 Å². The van der Waals surface area contributed by atoms with E-state index in [4.69, 9.17) is 5.14 Å². The summed E-state index contributed by atoms with van der Waals surface area (Å²) in [4.78, 5) is -0.129. The van der Waals surface area contributed by atoms with Gasteiger partial charge in [0.2, 0.25) is 10.0 Å². The number of aryl methyl sites for hydroxylation is 1. The third-order valence-electron chi connectivity index (χ3n) is 3.31. The first-order valence-electron chi connectivity index (χ1n) is 6.26. The van der Waals surface area contributed by atoms with E-state index in [1.165, 1.54) is 19.2 Å². The van der Waals surface area contributed by atoms with Gasteiger partial charge in [0.15, 0.2) is 0 Å². The molecule has 7 nitrogen and oxygen atoms in total. The fourth-order valence-electron chi connectivity index (χ4n) is 1.59. The molecule has 0 aliphatic carbocycles. The van der Waals surface area contributed by atoms with Crippen molar-refractivity contribution in [1.29, 1.82) is 0 Å². The minimum Gasteiger partial charge on any atom is -0.271 e. The van der Waals surface area contributed by atoms with E-state index in [-0.39, 0.29) is 16.6 Å². The zero-order valence-electron chi connectivity index (χ0n) is 12.7. The molecule has 0 amide bonds. The van der Waals surface area contributed by atoms with E-state index < -0.39 is 20.2 Å². The molecule has 0 aromatic heterocycles. The van der Waals surface area contributed by atoms with Gasteiger partial charge in [-0.25, -0.2) is 13.6 Å². The number of nitrogens with one attached hydrogen (secondary N) is 1. The molecule has 0 aliphatic heterocycles. The molecule has 0 unspecified atom stereocenters. The highest BCUT2D eigenvalue weighted by molar-refractivity contribution is 7.90. The van der Waals surface area contributed by atoms with Crippen LogP contribution >= 0.6 is 0 Å². The molecule has 3 N–H and O–H groups in total. The fourth-order valence-corrected chi connectivity index (χ4v) is 3.40. The number of hydrogen-bond acceptors (Lipinski definition) is 4. The van der Waals surface area contributed by atoms with Crippen LogP contribution < -0.4 is 9.86 Å². The first-order chi connectivity index (χ1) is 9.36. The Hall–Kier alpha value is -1.16. The van der Waals surface area contributed by atoms with Crippen molar-refractivity contribution in [3.63, 3.8) is 0 Å². The second-order valence-electron chi connectivity index (χ2n) is 5.17. The summed E-state index contributed by atoms with van der Waals surface area (Å²) < 4.78 is 50.9. The Labute approximate surface area is 126 Å². The summed E-state index contributed by atoms with van der Waals surface area (Å²) in [5.41, 5.74) is 1.47. The van der Waals surface area contributed by atoms with Crippen LogP contribution in [0.15, 0.2) is 17.0 Å². The molecule has 120 valence electrons. The Morgan fingerprint density at radius 3 is 2.10 bits per heavy atom. The van der Waals surface area contributed by atoms with Gasteiger partial charge >= 0.3 is 10.2 Å². The quantitative estimate of drug-likeness (QED) is 0.834. The van der Waals surface area contributed by atoms with Crippen LogP contribution in [0.3, 0.4) is 0 Å². The Kier molecular flexibility index (Phi) is 5.04. The highest BCUT2D eigenvalue weighted by Gasteiger charge is 2.22. The van der Waals surface area contributed by atoms with Gasteiger partial charge in [-0.1, -0.05) is 0 Å². The molecule has 0 spiro atoms. The largest absolute Gasteiger partial charge is 0.301 e. The molecule has 0 atom stereocenters. The van der Waals surface area contributed by atoms with Crippen LogP contribution in [0.2, 0.25) is 0 Å². The van der Waals surface area contributed by atoms with Crippen molar-refractivity contribution >= 4 is 25.9 Å². The average molecular weight is 335 g/mol. The normalized spacial score (nSPS) is 13.0. The zero-order chi connectivity index (χ0) is 16.6. The van der Waals surface area contributed by atoms with E-state index in [9.17, 15) is 16.8 Å². The molecule has 9 heteroatoms. The number of nitrogens with zero attached hydrogens (tertiary/aromatic N) is 1. The molecule has 0 fully saturated rings. The lowest BCUT2D eigenvalue weighted by atomic mass is 10.1. The van der Waals surface area contributed by atoms with Crippen LogP contribution in [0.25, 0.3) is 0 Å². The molecule has 0 bridgehead atoms. The van der Waals surface area contributed by atoms with Gasteiger partial charge in [-0.2, -0.15) is 12.7 Å². The summed E-state index contributed by atoms with van der Waals surface area (Å²) in [7, 11) is -6.23. The monoisotopic (exact) mass is 335 g/mol. The molecule has 0 heterocycles. The minimum atomic E-state index is -3.91. The van der Waals surface area contributed by atoms with Crippen LogP contribution in [-0.2, 0) is 20.2 Å². The highest BCUT2D eigenvalue weighted by Crippen LogP contribution is 2.25. The van der Waals surface area contributed by atoms with Gasteiger partial charge in [0.05, 0.1) is 10.6 Å². The number of anilines is 1. The highest BCUT2D eigenvalue weighted by atomic mass is 32.2. The van der Waals surface area contributed by atoms with Crippen LogP contribution in [0, 0.1) is 13.8 Å². The van der Waals surface area contributed by atoms with Gasteiger partial charge in [-0.05, 0) is 51.0 Å². The van der Waals surface area contributed by atoms with E-state index in [2.05, 4.69) is 4.72 Å². The van der Waals surface area contributed by atoms with Gasteiger partial charge < -0.3 is 0 Å². The third-order valence-corrected chi connectivity index (χ3v) is 5.87. The second-order valence-corrected chi connectivity index (χ2v) is 8.47. The lowest BCUT2D eigenvalue weighted by Crippen LogP contribution is -2.37. The molecular weight excluding hydrogens is 314 g/mol.